The van der Waals surface area contributed by atoms with E-state index >= 15 is 0 Å². The molecule has 0 saturated carbocycles. The fraction of sp³-hybridized carbons (Fsp3) is 1.00. The first-order chi connectivity index (χ1) is 4.54. The lowest BCUT2D eigenvalue weighted by Crippen LogP contribution is -2.24. The molecule has 62 valence electrons. The molecule has 2 nitrogen and oxygen atoms in total. The van der Waals surface area contributed by atoms with Gasteiger partial charge in [0.15, 0.2) is 0 Å². The maximum atomic E-state index is 11.6. The quantitative estimate of drug-likeness (QED) is 0.638. The highest BCUT2D eigenvalue weighted by atomic mass is 19.3. The van der Waals surface area contributed by atoms with Crippen molar-refractivity contribution in [3.63, 3.8) is 0 Å². The first kappa shape index (κ1) is 9.78. The fourth-order valence-electron chi connectivity index (χ4n) is 0.516. The summed E-state index contributed by atoms with van der Waals surface area (Å²) in [5, 5.41) is 8.60. The number of hydrogen-bond acceptors (Lipinski definition) is 2. The molecule has 0 aliphatic heterocycles. The van der Waals surface area contributed by atoms with E-state index in [0.717, 1.165) is 0 Å². The third-order valence-electron chi connectivity index (χ3n) is 1.16. The number of alkyl halides is 2. The molecule has 0 radical (unpaired) electrons. The van der Waals surface area contributed by atoms with Crippen molar-refractivity contribution in [1.29, 1.82) is 0 Å². The molecule has 0 amide bonds. The van der Waals surface area contributed by atoms with E-state index in [1.54, 1.807) is 19.0 Å². The van der Waals surface area contributed by atoms with E-state index in [1.165, 1.54) is 0 Å². The van der Waals surface area contributed by atoms with Gasteiger partial charge >= 0.3 is 0 Å². The van der Waals surface area contributed by atoms with Gasteiger partial charge in [0, 0.05) is 6.54 Å². The molecule has 0 bridgehead atoms. The zero-order chi connectivity index (χ0) is 8.15. The average Bonchev–Trinajstić information content (AvgIpc) is 1.82. The van der Waals surface area contributed by atoms with Crippen LogP contribution in [-0.2, 0) is 0 Å². The lowest BCUT2D eigenvalue weighted by Gasteiger charge is -2.12. The molecule has 1 unspecified atom stereocenters. The summed E-state index contributed by atoms with van der Waals surface area (Å²) < 4.78 is 23.2. The largest absolute Gasteiger partial charge is 0.387 e. The van der Waals surface area contributed by atoms with E-state index in [2.05, 4.69) is 0 Å². The molecular weight excluding hydrogens is 140 g/mol. The van der Waals surface area contributed by atoms with Crippen molar-refractivity contribution < 1.29 is 13.9 Å². The number of hydrogen-bond donors (Lipinski definition) is 1. The van der Waals surface area contributed by atoms with Crippen LogP contribution < -0.4 is 0 Å². The van der Waals surface area contributed by atoms with Gasteiger partial charge in [-0.25, -0.2) is 8.78 Å². The summed E-state index contributed by atoms with van der Waals surface area (Å²) in [6, 6.07) is 0. The van der Waals surface area contributed by atoms with Gasteiger partial charge in [-0.2, -0.15) is 0 Å². The van der Waals surface area contributed by atoms with Crippen molar-refractivity contribution in [1.82, 2.24) is 4.90 Å². The lowest BCUT2D eigenvalue weighted by atomic mass is 10.2. The normalized spacial score (nSPS) is 14.7. The molecule has 0 fully saturated rings. The molecule has 4 heteroatoms. The van der Waals surface area contributed by atoms with Crippen LogP contribution in [0, 0.1) is 0 Å². The summed E-state index contributed by atoms with van der Waals surface area (Å²) in [4.78, 5) is 1.76. The van der Waals surface area contributed by atoms with E-state index < -0.39 is 12.5 Å². The topological polar surface area (TPSA) is 23.5 Å². The smallest absolute Gasteiger partial charge is 0.264 e. The maximum absolute atomic E-state index is 11.6. The SMILES string of the molecule is CN(C)CCC(O)C(F)F. The van der Waals surface area contributed by atoms with Crippen molar-refractivity contribution in [2.75, 3.05) is 20.6 Å². The summed E-state index contributed by atoms with van der Waals surface area (Å²) in [7, 11) is 3.55. The van der Waals surface area contributed by atoms with Gasteiger partial charge in [0.2, 0.25) is 0 Å². The molecule has 0 rings (SSSR count). The van der Waals surface area contributed by atoms with Crippen molar-refractivity contribution in [3.8, 4) is 0 Å². The van der Waals surface area contributed by atoms with Gasteiger partial charge in [0.05, 0.1) is 0 Å². The Balaban J connectivity index is 3.30. The highest BCUT2D eigenvalue weighted by Crippen LogP contribution is 2.04. The van der Waals surface area contributed by atoms with Gasteiger partial charge in [-0.05, 0) is 20.5 Å². The first-order valence-corrected chi connectivity index (χ1v) is 3.15. The van der Waals surface area contributed by atoms with Crippen LogP contribution in [-0.4, -0.2) is 43.2 Å². The van der Waals surface area contributed by atoms with Crippen LogP contribution in [0.1, 0.15) is 6.42 Å². The Kier molecular flexibility index (Phi) is 4.47. The van der Waals surface area contributed by atoms with E-state index in [9.17, 15) is 8.78 Å². The minimum atomic E-state index is -2.61. The van der Waals surface area contributed by atoms with Crippen molar-refractivity contribution in [2.24, 2.45) is 0 Å². The Hall–Kier alpha value is -0.220. The van der Waals surface area contributed by atoms with Crippen LogP contribution in [0.2, 0.25) is 0 Å². The minimum Gasteiger partial charge on any atom is -0.387 e. The molecule has 1 N–H and O–H groups in total. The van der Waals surface area contributed by atoms with Crippen LogP contribution in [0.3, 0.4) is 0 Å². The summed E-state index contributed by atoms with van der Waals surface area (Å²) in [5.74, 6) is 0. The second-order valence-corrected chi connectivity index (χ2v) is 2.49. The van der Waals surface area contributed by atoms with Crippen LogP contribution >= 0.6 is 0 Å². The van der Waals surface area contributed by atoms with E-state index in [-0.39, 0.29) is 6.42 Å². The van der Waals surface area contributed by atoms with Gasteiger partial charge in [-0.1, -0.05) is 0 Å². The molecular formula is C6H13F2NO. The third-order valence-corrected chi connectivity index (χ3v) is 1.16. The number of halogens is 2. The van der Waals surface area contributed by atoms with Crippen molar-refractivity contribution >= 4 is 0 Å². The molecule has 1 atom stereocenters. The van der Waals surface area contributed by atoms with E-state index in [1.807, 2.05) is 0 Å². The molecule has 0 aliphatic rings. The van der Waals surface area contributed by atoms with Gasteiger partial charge in [-0.15, -0.1) is 0 Å². The Morgan fingerprint density at radius 3 is 2.20 bits per heavy atom. The molecule has 10 heavy (non-hydrogen) atoms. The Morgan fingerprint density at radius 1 is 1.40 bits per heavy atom. The fourth-order valence-corrected chi connectivity index (χ4v) is 0.516. The van der Waals surface area contributed by atoms with Crippen LogP contribution in [0.15, 0.2) is 0 Å². The standard InChI is InChI=1S/C6H13F2NO/c1-9(2)4-3-5(10)6(7)8/h5-6,10H,3-4H2,1-2H3. The van der Waals surface area contributed by atoms with E-state index in [0.29, 0.717) is 6.54 Å². The van der Waals surface area contributed by atoms with E-state index in [4.69, 9.17) is 5.11 Å². The Labute approximate surface area is 59.4 Å². The van der Waals surface area contributed by atoms with Crippen molar-refractivity contribution in [2.45, 2.75) is 19.0 Å². The zero-order valence-electron chi connectivity index (χ0n) is 6.22. The number of aliphatic hydroxyl groups excluding tert-OH is 1. The zero-order valence-corrected chi connectivity index (χ0v) is 6.22. The van der Waals surface area contributed by atoms with Crippen LogP contribution in [0.4, 0.5) is 8.78 Å². The summed E-state index contributed by atoms with van der Waals surface area (Å²) in [6.45, 7) is 0.492. The second-order valence-electron chi connectivity index (χ2n) is 2.49. The first-order valence-electron chi connectivity index (χ1n) is 3.15. The molecule has 0 aliphatic carbocycles. The number of rotatable bonds is 4. The number of nitrogens with zero attached hydrogens (tertiary/aromatic N) is 1. The predicted octanol–water partition coefficient (Wildman–Crippen LogP) is 0.564. The third kappa shape index (κ3) is 4.64. The Morgan fingerprint density at radius 2 is 1.90 bits per heavy atom. The summed E-state index contributed by atoms with van der Waals surface area (Å²) in [5.41, 5.74) is 0. The van der Waals surface area contributed by atoms with Crippen LogP contribution in [0.5, 0.6) is 0 Å². The highest BCUT2D eigenvalue weighted by Gasteiger charge is 2.15. The summed E-state index contributed by atoms with van der Waals surface area (Å²) in [6.07, 6.45) is -3.95. The van der Waals surface area contributed by atoms with Crippen molar-refractivity contribution in [3.05, 3.63) is 0 Å². The average molecular weight is 153 g/mol. The van der Waals surface area contributed by atoms with Gasteiger partial charge in [-0.3, -0.25) is 0 Å². The molecule has 0 aromatic rings. The number of aliphatic hydroxyl groups is 1. The molecule has 0 saturated heterocycles. The molecule has 0 aromatic carbocycles. The van der Waals surface area contributed by atoms with Crippen LogP contribution in [0.25, 0.3) is 0 Å². The lowest BCUT2D eigenvalue weighted by molar-refractivity contribution is -0.0117. The molecule has 0 aromatic heterocycles. The monoisotopic (exact) mass is 153 g/mol. The van der Waals surface area contributed by atoms with Gasteiger partial charge < -0.3 is 10.0 Å². The highest BCUT2D eigenvalue weighted by molar-refractivity contribution is 4.58. The summed E-state index contributed by atoms with van der Waals surface area (Å²) >= 11 is 0. The predicted molar refractivity (Wildman–Crippen MR) is 35.2 cm³/mol. The maximum Gasteiger partial charge on any atom is 0.264 e. The molecule has 0 spiro atoms. The molecule has 0 heterocycles. The van der Waals surface area contributed by atoms with Gasteiger partial charge in [0.25, 0.3) is 6.43 Å². The second kappa shape index (κ2) is 4.57. The Bertz CT molecular complexity index is 87.8. The minimum absolute atomic E-state index is 0.130. The van der Waals surface area contributed by atoms with Gasteiger partial charge in [0.1, 0.15) is 6.10 Å².